The van der Waals surface area contributed by atoms with E-state index in [0.29, 0.717) is 6.54 Å². The lowest BCUT2D eigenvalue weighted by Crippen LogP contribution is -2.23. The third-order valence-corrected chi connectivity index (χ3v) is 4.28. The van der Waals surface area contributed by atoms with Crippen LogP contribution in [0, 0.1) is 11.8 Å². The van der Waals surface area contributed by atoms with Gasteiger partial charge in [-0.2, -0.15) is 0 Å². The zero-order chi connectivity index (χ0) is 17.3. The predicted octanol–water partition coefficient (Wildman–Crippen LogP) is 5.39. The minimum absolute atomic E-state index is 0.689. The van der Waals surface area contributed by atoms with Crippen LogP contribution >= 0.6 is 11.6 Å². The van der Waals surface area contributed by atoms with Gasteiger partial charge in [0.2, 0.25) is 0 Å². The largest absolute Gasteiger partial charge is 0.284 e. The molecule has 0 atom stereocenters. The van der Waals surface area contributed by atoms with Crippen LogP contribution in [-0.4, -0.2) is 11.4 Å². The molecule has 1 nitrogen and oxygen atoms in total. The average molecular weight is 346 g/mol. The van der Waals surface area contributed by atoms with E-state index in [4.69, 9.17) is 11.6 Å². The van der Waals surface area contributed by atoms with Crippen molar-refractivity contribution in [1.82, 2.24) is 4.90 Å². The third-order valence-electron chi connectivity index (χ3n) is 3.91. The van der Waals surface area contributed by atoms with Crippen LogP contribution in [0.3, 0.4) is 0 Å². The van der Waals surface area contributed by atoms with E-state index in [2.05, 4.69) is 47.1 Å². The molecule has 0 saturated carbocycles. The van der Waals surface area contributed by atoms with Crippen LogP contribution in [-0.2, 0) is 13.1 Å². The highest BCUT2D eigenvalue weighted by Crippen LogP contribution is 2.18. The topological polar surface area (TPSA) is 3.24 Å². The maximum absolute atomic E-state index is 6.34. The molecule has 0 aliphatic rings. The van der Waals surface area contributed by atoms with Gasteiger partial charge in [0.15, 0.2) is 0 Å². The quantitative estimate of drug-likeness (QED) is 0.560. The summed E-state index contributed by atoms with van der Waals surface area (Å²) in [6.45, 7) is 2.31. The van der Waals surface area contributed by atoms with E-state index < -0.39 is 0 Å². The Morgan fingerprint density at radius 1 is 0.720 bits per heavy atom. The molecule has 0 bridgehead atoms. The second-order valence-electron chi connectivity index (χ2n) is 5.89. The zero-order valence-corrected chi connectivity index (χ0v) is 14.8. The van der Waals surface area contributed by atoms with E-state index in [-0.39, 0.29) is 0 Å². The van der Waals surface area contributed by atoms with Crippen molar-refractivity contribution < 1.29 is 0 Å². The van der Waals surface area contributed by atoms with E-state index in [1.807, 2.05) is 54.6 Å². The summed E-state index contributed by atoms with van der Waals surface area (Å²) in [5.41, 5.74) is 3.44. The first-order valence-electron chi connectivity index (χ1n) is 8.35. The fraction of sp³-hybridized carbons (Fsp3) is 0.130. The van der Waals surface area contributed by atoms with Crippen molar-refractivity contribution in [3.05, 3.63) is 107 Å². The fourth-order valence-corrected chi connectivity index (χ4v) is 2.85. The van der Waals surface area contributed by atoms with Gasteiger partial charge in [-0.25, -0.2) is 0 Å². The van der Waals surface area contributed by atoms with Crippen molar-refractivity contribution in [3.8, 4) is 11.8 Å². The van der Waals surface area contributed by atoms with E-state index in [0.717, 1.165) is 29.2 Å². The first-order valence-corrected chi connectivity index (χ1v) is 8.73. The van der Waals surface area contributed by atoms with E-state index in [1.54, 1.807) is 0 Å². The van der Waals surface area contributed by atoms with Gasteiger partial charge in [0, 0.05) is 23.7 Å². The maximum Gasteiger partial charge on any atom is 0.0611 e. The molecule has 0 aliphatic carbocycles. The molecule has 0 heterocycles. The second-order valence-corrected chi connectivity index (χ2v) is 6.30. The number of nitrogens with zero attached hydrogens (tertiary/aromatic N) is 1. The first-order chi connectivity index (χ1) is 12.3. The van der Waals surface area contributed by atoms with Crippen molar-refractivity contribution in [2.24, 2.45) is 0 Å². The standard InChI is InChI=1S/C23H20ClN/c24-23-16-8-7-15-22(23)19-25(18-21-12-5-2-6-13-21)17-9-14-20-10-3-1-4-11-20/h1-8,10-13,15-16H,17-19H2. The highest BCUT2D eigenvalue weighted by atomic mass is 35.5. The number of halogens is 1. The van der Waals surface area contributed by atoms with Crippen LogP contribution < -0.4 is 0 Å². The van der Waals surface area contributed by atoms with Gasteiger partial charge >= 0.3 is 0 Å². The first kappa shape index (κ1) is 17.3. The highest BCUT2D eigenvalue weighted by molar-refractivity contribution is 6.31. The van der Waals surface area contributed by atoms with Crippen LogP contribution in [0.5, 0.6) is 0 Å². The van der Waals surface area contributed by atoms with Gasteiger partial charge in [-0.1, -0.05) is 90.2 Å². The molecule has 0 aromatic heterocycles. The Hall–Kier alpha value is -2.53. The monoisotopic (exact) mass is 345 g/mol. The fourth-order valence-electron chi connectivity index (χ4n) is 2.65. The highest BCUT2D eigenvalue weighted by Gasteiger charge is 2.08. The molecule has 0 N–H and O–H groups in total. The maximum atomic E-state index is 6.34. The summed E-state index contributed by atoms with van der Waals surface area (Å²) in [4.78, 5) is 2.31. The summed E-state index contributed by atoms with van der Waals surface area (Å²) < 4.78 is 0. The molecule has 124 valence electrons. The van der Waals surface area contributed by atoms with Gasteiger partial charge in [0.05, 0.1) is 6.54 Å². The van der Waals surface area contributed by atoms with Crippen molar-refractivity contribution in [2.75, 3.05) is 6.54 Å². The lowest BCUT2D eigenvalue weighted by atomic mass is 10.1. The third kappa shape index (κ3) is 5.50. The summed E-state index contributed by atoms with van der Waals surface area (Å²) in [5.74, 6) is 6.53. The zero-order valence-electron chi connectivity index (χ0n) is 14.0. The Kier molecular flexibility index (Phi) is 6.29. The molecule has 3 rings (SSSR count). The Bertz CT molecular complexity index is 847. The van der Waals surface area contributed by atoms with Crippen LogP contribution in [0.1, 0.15) is 16.7 Å². The average Bonchev–Trinajstić information content (AvgIpc) is 2.65. The Morgan fingerprint density at radius 3 is 2.08 bits per heavy atom. The Morgan fingerprint density at radius 2 is 1.36 bits per heavy atom. The van der Waals surface area contributed by atoms with Crippen LogP contribution in [0.25, 0.3) is 0 Å². The van der Waals surface area contributed by atoms with Gasteiger partial charge in [0.1, 0.15) is 0 Å². The minimum atomic E-state index is 0.689. The molecule has 2 heteroatoms. The molecule has 0 spiro atoms. The lowest BCUT2D eigenvalue weighted by Gasteiger charge is -2.20. The summed E-state index contributed by atoms with van der Waals surface area (Å²) in [6, 6.07) is 28.5. The van der Waals surface area contributed by atoms with Crippen LogP contribution in [0.15, 0.2) is 84.9 Å². The number of hydrogen-bond donors (Lipinski definition) is 0. The van der Waals surface area contributed by atoms with Crippen molar-refractivity contribution in [3.63, 3.8) is 0 Å². The molecular weight excluding hydrogens is 326 g/mol. The molecule has 0 radical (unpaired) electrons. The predicted molar refractivity (Wildman–Crippen MR) is 105 cm³/mol. The minimum Gasteiger partial charge on any atom is -0.284 e. The summed E-state index contributed by atoms with van der Waals surface area (Å²) in [6.07, 6.45) is 0. The summed E-state index contributed by atoms with van der Waals surface area (Å²) >= 11 is 6.34. The van der Waals surface area contributed by atoms with Crippen LogP contribution in [0.2, 0.25) is 5.02 Å². The SMILES string of the molecule is Clc1ccccc1CN(CC#Cc1ccccc1)Cc1ccccc1. The van der Waals surface area contributed by atoms with E-state index >= 15 is 0 Å². The number of rotatable bonds is 5. The summed E-state index contributed by atoms with van der Waals surface area (Å²) in [7, 11) is 0. The molecule has 0 saturated heterocycles. The van der Waals surface area contributed by atoms with Crippen molar-refractivity contribution >= 4 is 11.6 Å². The van der Waals surface area contributed by atoms with Crippen LogP contribution in [0.4, 0.5) is 0 Å². The normalized spacial score (nSPS) is 10.3. The lowest BCUT2D eigenvalue weighted by molar-refractivity contribution is 0.290. The van der Waals surface area contributed by atoms with Crippen molar-refractivity contribution in [1.29, 1.82) is 0 Å². The number of benzene rings is 3. The van der Waals surface area contributed by atoms with Gasteiger partial charge in [-0.3, -0.25) is 4.90 Å². The molecule has 3 aromatic carbocycles. The van der Waals surface area contributed by atoms with Crippen molar-refractivity contribution in [2.45, 2.75) is 13.1 Å². The van der Waals surface area contributed by atoms with E-state index in [9.17, 15) is 0 Å². The smallest absolute Gasteiger partial charge is 0.0611 e. The second kappa shape index (κ2) is 9.08. The molecule has 0 aliphatic heterocycles. The molecule has 0 unspecified atom stereocenters. The van der Waals surface area contributed by atoms with Gasteiger partial charge in [-0.05, 0) is 29.3 Å². The molecule has 25 heavy (non-hydrogen) atoms. The van der Waals surface area contributed by atoms with Gasteiger partial charge in [0.25, 0.3) is 0 Å². The molecule has 0 amide bonds. The molecule has 3 aromatic rings. The van der Waals surface area contributed by atoms with E-state index in [1.165, 1.54) is 5.56 Å². The molecule has 0 fully saturated rings. The molecular formula is C23H20ClN. The summed E-state index contributed by atoms with van der Waals surface area (Å²) in [5, 5.41) is 0.802. The van der Waals surface area contributed by atoms with Gasteiger partial charge in [-0.15, -0.1) is 0 Å². The number of hydrogen-bond acceptors (Lipinski definition) is 1. The van der Waals surface area contributed by atoms with Gasteiger partial charge < -0.3 is 0 Å². The Balaban J connectivity index is 1.74. The Labute approximate surface area is 154 Å².